The van der Waals surface area contributed by atoms with E-state index in [1.165, 1.54) is 0 Å². The van der Waals surface area contributed by atoms with Crippen LogP contribution in [0.15, 0.2) is 22.9 Å². The lowest BCUT2D eigenvalue weighted by Gasteiger charge is -1.99. The number of aromatic nitrogens is 3. The van der Waals surface area contributed by atoms with Crippen molar-refractivity contribution in [2.24, 2.45) is 5.73 Å². The van der Waals surface area contributed by atoms with Gasteiger partial charge in [-0.2, -0.15) is 4.98 Å². The number of aryl methyl sites for hydroxylation is 1. The molecule has 5 nitrogen and oxygen atoms in total. The predicted molar refractivity (Wildman–Crippen MR) is 59.5 cm³/mol. The van der Waals surface area contributed by atoms with Gasteiger partial charge in [-0.1, -0.05) is 18.1 Å². The maximum Gasteiger partial charge on any atom is 0.276 e. The molecule has 0 aliphatic rings. The molecule has 2 aromatic heterocycles. The SMILES string of the molecule is CCC(N)c1noc(-c2ncccc2C)n1. The van der Waals surface area contributed by atoms with Crippen LogP contribution in [-0.4, -0.2) is 15.1 Å². The third kappa shape index (κ3) is 1.94. The molecule has 2 N–H and O–H groups in total. The van der Waals surface area contributed by atoms with Crippen LogP contribution in [0.1, 0.15) is 30.8 Å². The van der Waals surface area contributed by atoms with Crippen molar-refractivity contribution in [1.29, 1.82) is 0 Å². The Labute approximate surface area is 93.7 Å². The summed E-state index contributed by atoms with van der Waals surface area (Å²) in [6, 6.07) is 3.64. The standard InChI is InChI=1S/C11H14N4O/c1-3-8(12)10-14-11(16-15-10)9-7(2)5-4-6-13-9/h4-6,8H,3,12H2,1-2H3. The van der Waals surface area contributed by atoms with Gasteiger partial charge in [-0.25, -0.2) is 0 Å². The summed E-state index contributed by atoms with van der Waals surface area (Å²) in [5.74, 6) is 0.958. The first-order valence-corrected chi connectivity index (χ1v) is 5.23. The largest absolute Gasteiger partial charge is 0.332 e. The van der Waals surface area contributed by atoms with Crippen LogP contribution < -0.4 is 5.73 Å². The summed E-state index contributed by atoms with van der Waals surface area (Å²) in [5, 5.41) is 3.85. The molecule has 0 fully saturated rings. The van der Waals surface area contributed by atoms with Crippen LogP contribution in [0, 0.1) is 6.92 Å². The molecule has 0 aliphatic heterocycles. The van der Waals surface area contributed by atoms with Crippen molar-refractivity contribution in [1.82, 2.24) is 15.1 Å². The average Bonchev–Trinajstić information content (AvgIpc) is 2.78. The lowest BCUT2D eigenvalue weighted by molar-refractivity contribution is 0.414. The first-order chi connectivity index (χ1) is 7.72. The molecule has 5 heteroatoms. The van der Waals surface area contributed by atoms with E-state index in [2.05, 4.69) is 15.1 Å². The van der Waals surface area contributed by atoms with Crippen LogP contribution in [-0.2, 0) is 0 Å². The van der Waals surface area contributed by atoms with Gasteiger partial charge in [-0.3, -0.25) is 4.98 Å². The topological polar surface area (TPSA) is 77.8 Å². The number of nitrogens with two attached hydrogens (primary N) is 1. The minimum absolute atomic E-state index is 0.179. The van der Waals surface area contributed by atoms with Crippen LogP contribution >= 0.6 is 0 Å². The lowest BCUT2D eigenvalue weighted by Crippen LogP contribution is -2.10. The van der Waals surface area contributed by atoms with E-state index in [-0.39, 0.29) is 6.04 Å². The zero-order valence-corrected chi connectivity index (χ0v) is 9.34. The molecule has 0 amide bonds. The second-order valence-corrected chi connectivity index (χ2v) is 3.64. The normalized spacial score (nSPS) is 12.7. The first kappa shape index (κ1) is 10.8. The molecule has 2 aromatic rings. The van der Waals surface area contributed by atoms with Gasteiger partial charge < -0.3 is 10.3 Å². The van der Waals surface area contributed by atoms with E-state index in [9.17, 15) is 0 Å². The van der Waals surface area contributed by atoms with Gasteiger partial charge in [0, 0.05) is 6.20 Å². The molecule has 16 heavy (non-hydrogen) atoms. The van der Waals surface area contributed by atoms with E-state index in [1.54, 1.807) is 6.20 Å². The number of hydrogen-bond donors (Lipinski definition) is 1. The molecule has 1 atom stereocenters. The second kappa shape index (κ2) is 4.40. The molecule has 0 spiro atoms. The van der Waals surface area contributed by atoms with Crippen molar-refractivity contribution in [2.45, 2.75) is 26.3 Å². The maximum atomic E-state index is 5.82. The molecule has 0 radical (unpaired) electrons. The zero-order valence-electron chi connectivity index (χ0n) is 9.34. The number of pyridine rings is 1. The van der Waals surface area contributed by atoms with Crippen LogP contribution in [0.3, 0.4) is 0 Å². The minimum Gasteiger partial charge on any atom is -0.332 e. The lowest BCUT2D eigenvalue weighted by atomic mass is 10.2. The quantitative estimate of drug-likeness (QED) is 0.850. The third-order valence-corrected chi connectivity index (χ3v) is 2.43. The molecular formula is C11H14N4O. The fraction of sp³-hybridized carbons (Fsp3) is 0.364. The molecule has 1 unspecified atom stereocenters. The van der Waals surface area contributed by atoms with Crippen LogP contribution in [0.25, 0.3) is 11.6 Å². The molecule has 0 bridgehead atoms. The molecule has 0 saturated heterocycles. The third-order valence-electron chi connectivity index (χ3n) is 2.43. The average molecular weight is 218 g/mol. The Bertz CT molecular complexity index is 480. The zero-order chi connectivity index (χ0) is 11.5. The Kier molecular flexibility index (Phi) is 2.96. The van der Waals surface area contributed by atoms with E-state index in [0.29, 0.717) is 17.4 Å². The highest BCUT2D eigenvalue weighted by Crippen LogP contribution is 2.20. The molecule has 2 heterocycles. The summed E-state index contributed by atoms with van der Waals surface area (Å²) in [4.78, 5) is 8.46. The predicted octanol–water partition coefficient (Wildman–Crippen LogP) is 1.85. The Hall–Kier alpha value is -1.75. The Balaban J connectivity index is 2.35. The summed E-state index contributed by atoms with van der Waals surface area (Å²) >= 11 is 0. The highest BCUT2D eigenvalue weighted by atomic mass is 16.5. The fourth-order valence-electron chi connectivity index (χ4n) is 1.37. The van der Waals surface area contributed by atoms with Crippen molar-refractivity contribution >= 4 is 0 Å². The van der Waals surface area contributed by atoms with Gasteiger partial charge >= 0.3 is 0 Å². The van der Waals surface area contributed by atoms with E-state index < -0.39 is 0 Å². The van der Waals surface area contributed by atoms with Gasteiger partial charge in [0.15, 0.2) is 5.82 Å². The van der Waals surface area contributed by atoms with Crippen molar-refractivity contribution in [3.05, 3.63) is 29.7 Å². The Morgan fingerprint density at radius 3 is 3.00 bits per heavy atom. The monoisotopic (exact) mass is 218 g/mol. The van der Waals surface area contributed by atoms with Gasteiger partial charge in [-0.05, 0) is 25.0 Å². The molecule has 0 aliphatic carbocycles. The van der Waals surface area contributed by atoms with E-state index in [4.69, 9.17) is 10.3 Å². The number of rotatable bonds is 3. The van der Waals surface area contributed by atoms with Crippen LogP contribution in [0.4, 0.5) is 0 Å². The summed E-state index contributed by atoms with van der Waals surface area (Å²) in [6.07, 6.45) is 2.48. The number of hydrogen-bond acceptors (Lipinski definition) is 5. The van der Waals surface area contributed by atoms with Crippen LogP contribution in [0.5, 0.6) is 0 Å². The highest BCUT2D eigenvalue weighted by Gasteiger charge is 2.15. The second-order valence-electron chi connectivity index (χ2n) is 3.64. The number of nitrogens with zero attached hydrogens (tertiary/aromatic N) is 3. The fourth-order valence-corrected chi connectivity index (χ4v) is 1.37. The van der Waals surface area contributed by atoms with E-state index in [1.807, 2.05) is 26.0 Å². The van der Waals surface area contributed by atoms with Crippen molar-refractivity contribution in [3.63, 3.8) is 0 Å². The van der Waals surface area contributed by atoms with Gasteiger partial charge in [0.1, 0.15) is 5.69 Å². The Morgan fingerprint density at radius 1 is 1.50 bits per heavy atom. The first-order valence-electron chi connectivity index (χ1n) is 5.23. The minimum atomic E-state index is -0.179. The summed E-state index contributed by atoms with van der Waals surface area (Å²) in [7, 11) is 0. The maximum absolute atomic E-state index is 5.82. The van der Waals surface area contributed by atoms with Crippen molar-refractivity contribution in [2.75, 3.05) is 0 Å². The van der Waals surface area contributed by atoms with Gasteiger partial charge in [0.25, 0.3) is 5.89 Å². The van der Waals surface area contributed by atoms with Gasteiger partial charge in [-0.15, -0.1) is 0 Å². The molecular weight excluding hydrogens is 204 g/mol. The molecule has 0 aromatic carbocycles. The van der Waals surface area contributed by atoms with Crippen molar-refractivity contribution < 1.29 is 4.52 Å². The summed E-state index contributed by atoms with van der Waals surface area (Å²) in [6.45, 7) is 3.93. The molecule has 0 saturated carbocycles. The summed E-state index contributed by atoms with van der Waals surface area (Å²) in [5.41, 5.74) is 7.53. The summed E-state index contributed by atoms with van der Waals surface area (Å²) < 4.78 is 5.15. The highest BCUT2D eigenvalue weighted by molar-refractivity contribution is 5.51. The van der Waals surface area contributed by atoms with Gasteiger partial charge in [0.2, 0.25) is 0 Å². The Morgan fingerprint density at radius 2 is 2.31 bits per heavy atom. The molecule has 2 rings (SSSR count). The van der Waals surface area contributed by atoms with E-state index in [0.717, 1.165) is 12.0 Å². The van der Waals surface area contributed by atoms with E-state index >= 15 is 0 Å². The molecule has 84 valence electrons. The van der Waals surface area contributed by atoms with Gasteiger partial charge in [0.05, 0.1) is 6.04 Å². The smallest absolute Gasteiger partial charge is 0.276 e. The van der Waals surface area contributed by atoms with Crippen LogP contribution in [0.2, 0.25) is 0 Å². The van der Waals surface area contributed by atoms with Crippen molar-refractivity contribution in [3.8, 4) is 11.6 Å².